The van der Waals surface area contributed by atoms with E-state index in [0.717, 1.165) is 5.56 Å². The zero-order valence-corrected chi connectivity index (χ0v) is 19.0. The van der Waals surface area contributed by atoms with E-state index in [9.17, 15) is 13.2 Å². The van der Waals surface area contributed by atoms with Crippen LogP contribution in [0, 0.1) is 6.92 Å². The first-order valence-corrected chi connectivity index (χ1v) is 11.8. The molecule has 4 aromatic rings. The van der Waals surface area contributed by atoms with Crippen LogP contribution < -0.4 is 9.47 Å². The van der Waals surface area contributed by atoms with E-state index in [-0.39, 0.29) is 15.6 Å². The molecule has 0 radical (unpaired) electrons. The maximum absolute atomic E-state index is 13.0. The molecule has 0 fully saturated rings. The number of hydrogen-bond donors (Lipinski definition) is 0. The predicted molar refractivity (Wildman–Crippen MR) is 126 cm³/mol. The summed E-state index contributed by atoms with van der Waals surface area (Å²) >= 11 is 0. The van der Waals surface area contributed by atoms with Crippen LogP contribution in [0.15, 0.2) is 107 Å². The van der Waals surface area contributed by atoms with Gasteiger partial charge in [0, 0.05) is 5.56 Å². The van der Waals surface area contributed by atoms with E-state index < -0.39 is 9.84 Å². The van der Waals surface area contributed by atoms with Gasteiger partial charge >= 0.3 is 0 Å². The molecule has 0 aromatic heterocycles. The van der Waals surface area contributed by atoms with Crippen molar-refractivity contribution in [1.82, 2.24) is 0 Å². The molecule has 0 heterocycles. The summed E-state index contributed by atoms with van der Waals surface area (Å²) in [5.74, 6) is 2.26. The summed E-state index contributed by atoms with van der Waals surface area (Å²) in [6, 6.07) is 26.9. The van der Waals surface area contributed by atoms with E-state index >= 15 is 0 Å². The first-order valence-electron chi connectivity index (χ1n) is 10.3. The second-order valence-corrected chi connectivity index (χ2v) is 9.49. The molecule has 5 nitrogen and oxygen atoms in total. The van der Waals surface area contributed by atoms with Gasteiger partial charge in [-0.1, -0.05) is 17.7 Å². The van der Waals surface area contributed by atoms with Crippen LogP contribution in [0.2, 0.25) is 0 Å². The number of ketones is 1. The lowest BCUT2D eigenvalue weighted by Gasteiger charge is -2.09. The van der Waals surface area contributed by atoms with Gasteiger partial charge in [0.15, 0.2) is 5.78 Å². The molecule has 0 saturated heterocycles. The largest absolute Gasteiger partial charge is 0.457 e. The van der Waals surface area contributed by atoms with Crippen LogP contribution in [-0.4, -0.2) is 14.2 Å². The van der Waals surface area contributed by atoms with Crippen molar-refractivity contribution in [3.8, 4) is 23.0 Å². The van der Waals surface area contributed by atoms with Crippen molar-refractivity contribution in [2.75, 3.05) is 0 Å². The third-order valence-electron chi connectivity index (χ3n) is 5.02. The smallest absolute Gasteiger partial charge is 0.206 e. The molecule has 4 rings (SSSR count). The minimum absolute atomic E-state index is 0.0224. The van der Waals surface area contributed by atoms with E-state index in [1.54, 1.807) is 48.5 Å². The Morgan fingerprint density at radius 1 is 0.576 bits per heavy atom. The van der Waals surface area contributed by atoms with Crippen LogP contribution in [-0.2, 0) is 9.84 Å². The molecule has 0 aliphatic heterocycles. The van der Waals surface area contributed by atoms with Crippen molar-refractivity contribution in [2.45, 2.75) is 23.6 Å². The number of ether oxygens (including phenoxy) is 2. The fraction of sp³-hybridized carbons (Fsp3) is 0.0741. The summed E-state index contributed by atoms with van der Waals surface area (Å²) in [4.78, 5) is 11.7. The van der Waals surface area contributed by atoms with Gasteiger partial charge in [-0.15, -0.1) is 0 Å². The first kappa shape index (κ1) is 22.3. The lowest BCUT2D eigenvalue weighted by molar-refractivity contribution is 0.101. The van der Waals surface area contributed by atoms with Gasteiger partial charge in [0.05, 0.1) is 9.79 Å². The second-order valence-electron chi connectivity index (χ2n) is 7.54. The minimum atomic E-state index is -3.69. The first-order chi connectivity index (χ1) is 15.8. The Morgan fingerprint density at radius 3 is 1.27 bits per heavy atom. The van der Waals surface area contributed by atoms with Gasteiger partial charge in [0.2, 0.25) is 9.84 Å². The van der Waals surface area contributed by atoms with Gasteiger partial charge in [-0.05, 0) is 98.8 Å². The van der Waals surface area contributed by atoms with Gasteiger partial charge < -0.3 is 9.47 Å². The third-order valence-corrected chi connectivity index (χ3v) is 6.81. The predicted octanol–water partition coefficient (Wildman–Crippen LogP) is 6.62. The highest BCUT2D eigenvalue weighted by atomic mass is 32.2. The molecular weight excluding hydrogens is 436 g/mol. The highest BCUT2D eigenvalue weighted by Gasteiger charge is 2.18. The number of aryl methyl sites for hydroxylation is 1. The Balaban J connectivity index is 1.46. The van der Waals surface area contributed by atoms with Crippen LogP contribution >= 0.6 is 0 Å². The van der Waals surface area contributed by atoms with Crippen molar-refractivity contribution in [3.63, 3.8) is 0 Å². The Labute approximate surface area is 193 Å². The van der Waals surface area contributed by atoms with Crippen LogP contribution in [0.25, 0.3) is 0 Å². The minimum Gasteiger partial charge on any atom is -0.457 e. The number of hydrogen-bond acceptors (Lipinski definition) is 5. The fourth-order valence-corrected chi connectivity index (χ4v) is 4.41. The highest BCUT2D eigenvalue weighted by Crippen LogP contribution is 2.28. The molecule has 0 aliphatic carbocycles. The zero-order valence-electron chi connectivity index (χ0n) is 18.2. The second kappa shape index (κ2) is 9.30. The van der Waals surface area contributed by atoms with E-state index in [4.69, 9.17) is 9.47 Å². The van der Waals surface area contributed by atoms with E-state index in [1.807, 2.05) is 31.2 Å². The summed E-state index contributed by atoms with van der Waals surface area (Å²) in [5, 5.41) is 0. The van der Waals surface area contributed by atoms with E-state index in [1.165, 1.54) is 31.2 Å². The fourth-order valence-electron chi connectivity index (χ4n) is 3.15. The maximum Gasteiger partial charge on any atom is 0.206 e. The SMILES string of the molecule is CC(=O)c1ccc(Oc2ccc(S(=O)(=O)c3ccc(Oc4ccc(C)cc4)cc3)cc2)cc1. The molecule has 0 saturated carbocycles. The van der Waals surface area contributed by atoms with Gasteiger partial charge in [0.25, 0.3) is 0 Å². The van der Waals surface area contributed by atoms with Crippen LogP contribution in [0.4, 0.5) is 0 Å². The van der Waals surface area contributed by atoms with Gasteiger partial charge in [-0.3, -0.25) is 4.79 Å². The number of benzene rings is 4. The van der Waals surface area contributed by atoms with Crippen molar-refractivity contribution in [3.05, 3.63) is 108 Å². The summed E-state index contributed by atoms with van der Waals surface area (Å²) in [6.07, 6.45) is 0. The van der Waals surface area contributed by atoms with Gasteiger partial charge in [-0.2, -0.15) is 0 Å². The highest BCUT2D eigenvalue weighted by molar-refractivity contribution is 7.91. The molecule has 33 heavy (non-hydrogen) atoms. The van der Waals surface area contributed by atoms with E-state index in [2.05, 4.69) is 0 Å². The quantitative estimate of drug-likeness (QED) is 0.291. The molecule has 0 aliphatic rings. The Hall–Kier alpha value is -3.90. The summed E-state index contributed by atoms with van der Waals surface area (Å²) in [5.41, 5.74) is 1.73. The normalized spacial score (nSPS) is 11.1. The topological polar surface area (TPSA) is 69.7 Å². The molecule has 0 bridgehead atoms. The molecular formula is C27H22O5S. The average molecular weight is 459 g/mol. The number of carbonyl (C=O) groups excluding carboxylic acids is 1. The Bertz CT molecular complexity index is 1350. The number of Topliss-reactive ketones (excluding diaryl/α,β-unsaturated/α-hetero) is 1. The molecule has 6 heteroatoms. The van der Waals surface area contributed by atoms with Crippen molar-refractivity contribution >= 4 is 15.6 Å². The van der Waals surface area contributed by atoms with E-state index in [0.29, 0.717) is 28.6 Å². The Morgan fingerprint density at radius 2 is 0.909 bits per heavy atom. The van der Waals surface area contributed by atoms with Gasteiger partial charge in [-0.25, -0.2) is 8.42 Å². The maximum atomic E-state index is 13.0. The monoisotopic (exact) mass is 458 g/mol. The van der Waals surface area contributed by atoms with Crippen LogP contribution in [0.3, 0.4) is 0 Å². The molecule has 166 valence electrons. The molecule has 0 atom stereocenters. The average Bonchev–Trinajstić information content (AvgIpc) is 2.82. The van der Waals surface area contributed by atoms with Gasteiger partial charge in [0.1, 0.15) is 23.0 Å². The molecule has 0 unspecified atom stereocenters. The summed E-state index contributed by atoms with van der Waals surface area (Å²) in [7, 11) is -3.69. The number of rotatable bonds is 7. The summed E-state index contributed by atoms with van der Waals surface area (Å²) in [6.45, 7) is 3.49. The van der Waals surface area contributed by atoms with Crippen molar-refractivity contribution in [2.24, 2.45) is 0 Å². The van der Waals surface area contributed by atoms with Crippen molar-refractivity contribution < 1.29 is 22.7 Å². The third kappa shape index (κ3) is 5.30. The molecule has 4 aromatic carbocycles. The molecule has 0 amide bonds. The summed E-state index contributed by atoms with van der Waals surface area (Å²) < 4.78 is 37.5. The van der Waals surface area contributed by atoms with Crippen LogP contribution in [0.1, 0.15) is 22.8 Å². The number of carbonyl (C=O) groups is 1. The molecule has 0 spiro atoms. The zero-order chi connectivity index (χ0) is 23.4. The Kier molecular flexibility index (Phi) is 6.29. The lowest BCUT2D eigenvalue weighted by Crippen LogP contribution is -2.01. The van der Waals surface area contributed by atoms with Crippen molar-refractivity contribution in [1.29, 1.82) is 0 Å². The standard InChI is InChI=1S/C27H22O5S/c1-19-3-7-22(8-4-19)31-24-11-15-26(16-12-24)33(29,30)27-17-13-25(14-18-27)32-23-9-5-21(6-10-23)20(2)28/h3-18H,1-2H3. The van der Waals surface area contributed by atoms with Crippen LogP contribution in [0.5, 0.6) is 23.0 Å². The number of sulfone groups is 1. The lowest BCUT2D eigenvalue weighted by atomic mass is 10.1. The molecule has 0 N–H and O–H groups in total.